The summed E-state index contributed by atoms with van der Waals surface area (Å²) in [5, 5.41) is 15.6. The fourth-order valence-corrected chi connectivity index (χ4v) is 4.70. The van der Waals surface area contributed by atoms with Crippen molar-refractivity contribution in [3.8, 4) is 11.6 Å². The minimum Gasteiger partial charge on any atom is -0.478 e. The molecule has 10 nitrogen and oxygen atoms in total. The van der Waals surface area contributed by atoms with Crippen LogP contribution in [0.1, 0.15) is 55.5 Å². The zero-order valence-corrected chi connectivity index (χ0v) is 21.3. The number of aromatic carboxylic acids is 1. The molecule has 3 N–H and O–H groups in total. The van der Waals surface area contributed by atoms with Gasteiger partial charge in [0.05, 0.1) is 16.7 Å². The number of rotatable bonds is 6. The molecule has 1 aromatic carbocycles. The van der Waals surface area contributed by atoms with E-state index in [1.807, 2.05) is 26.0 Å². The molecule has 5 aromatic rings. The molecule has 4 heterocycles. The fourth-order valence-electron chi connectivity index (χ4n) is 4.70. The third kappa shape index (κ3) is 4.26. The number of nitrogens with zero attached hydrogens (tertiary/aromatic N) is 4. The molecule has 0 atom stereocenters. The van der Waals surface area contributed by atoms with Crippen LogP contribution in [0.25, 0.3) is 11.6 Å². The number of carbonyl (C=O) groups is 1. The highest BCUT2D eigenvalue weighted by molar-refractivity contribution is 5.87. The van der Waals surface area contributed by atoms with Crippen molar-refractivity contribution in [2.24, 2.45) is 0 Å². The van der Waals surface area contributed by atoms with Crippen molar-refractivity contribution in [1.29, 1.82) is 0 Å². The lowest BCUT2D eigenvalue weighted by atomic mass is 9.85. The van der Waals surface area contributed by atoms with Gasteiger partial charge in [0.15, 0.2) is 11.6 Å². The average molecular weight is 511 g/mol. The number of H-pyrrole nitrogens is 2. The Bertz CT molecular complexity index is 1690. The van der Waals surface area contributed by atoms with Crippen molar-refractivity contribution in [3.63, 3.8) is 0 Å². The van der Waals surface area contributed by atoms with Gasteiger partial charge in [-0.1, -0.05) is 12.1 Å². The molecule has 192 valence electrons. The molecule has 4 aromatic heterocycles. The van der Waals surface area contributed by atoms with Crippen LogP contribution in [0.3, 0.4) is 0 Å². The van der Waals surface area contributed by atoms with Crippen LogP contribution in [0.5, 0.6) is 0 Å². The van der Waals surface area contributed by atoms with Crippen molar-refractivity contribution in [3.05, 3.63) is 126 Å². The van der Waals surface area contributed by atoms with E-state index in [-0.39, 0.29) is 16.7 Å². The van der Waals surface area contributed by atoms with Gasteiger partial charge in [-0.15, -0.1) is 0 Å². The number of carboxylic acids is 1. The molecule has 0 saturated heterocycles. The monoisotopic (exact) mass is 510 g/mol. The fraction of sp³-hybridized carbons (Fsp3) is 0.179. The Balaban J connectivity index is 1.76. The van der Waals surface area contributed by atoms with Gasteiger partial charge < -0.3 is 5.11 Å². The first-order chi connectivity index (χ1) is 18.2. The summed E-state index contributed by atoms with van der Waals surface area (Å²) >= 11 is 0. The molecule has 0 aliphatic heterocycles. The molecule has 0 bridgehead atoms. The molecule has 0 spiro atoms. The van der Waals surface area contributed by atoms with Gasteiger partial charge >= 0.3 is 5.97 Å². The van der Waals surface area contributed by atoms with E-state index >= 15 is 0 Å². The van der Waals surface area contributed by atoms with Crippen molar-refractivity contribution in [2.45, 2.75) is 33.6 Å². The van der Waals surface area contributed by atoms with Crippen LogP contribution < -0.4 is 11.1 Å². The number of hydrogen-bond acceptors (Lipinski definition) is 5. The van der Waals surface area contributed by atoms with Crippen LogP contribution >= 0.6 is 0 Å². The first-order valence-electron chi connectivity index (χ1n) is 12.0. The molecule has 5 rings (SSSR count). The number of pyridine rings is 2. The molecule has 0 radical (unpaired) electrons. The van der Waals surface area contributed by atoms with Gasteiger partial charge in [-0.2, -0.15) is 0 Å². The Morgan fingerprint density at radius 3 is 1.61 bits per heavy atom. The number of benzene rings is 1. The Labute approximate surface area is 217 Å². The first kappa shape index (κ1) is 24.7. The summed E-state index contributed by atoms with van der Waals surface area (Å²) in [6, 6.07) is 13.5. The van der Waals surface area contributed by atoms with Crippen LogP contribution in [-0.4, -0.2) is 40.6 Å². The molecular weight excluding hydrogens is 484 g/mol. The maximum Gasteiger partial charge on any atom is 0.335 e. The predicted molar refractivity (Wildman–Crippen MR) is 142 cm³/mol. The molecule has 0 amide bonds. The molecule has 38 heavy (non-hydrogen) atoms. The lowest BCUT2D eigenvalue weighted by Gasteiger charge is -2.16. The maximum absolute atomic E-state index is 13.9. The van der Waals surface area contributed by atoms with Crippen LogP contribution in [-0.2, 0) is 0 Å². The van der Waals surface area contributed by atoms with Gasteiger partial charge in [-0.25, -0.2) is 24.1 Å². The summed E-state index contributed by atoms with van der Waals surface area (Å²) in [5.41, 5.74) is 3.71. The predicted octanol–water partition coefficient (Wildman–Crippen LogP) is 3.55. The molecule has 10 heteroatoms. The van der Waals surface area contributed by atoms with Crippen LogP contribution in [0, 0.1) is 27.7 Å². The SMILES string of the molecule is Cc1ccnc(-n2[nH]c(C)c(C(c3ccc(C(=O)O)cc3)c3c(C)[nH]n(-c4cc(C)ccn4)c3=O)c2=O)c1. The number of carboxylic acid groups (broad SMARTS) is 1. The Morgan fingerprint density at radius 1 is 0.763 bits per heavy atom. The molecular formula is C28H26N6O4. The minimum atomic E-state index is -1.07. The lowest BCUT2D eigenvalue weighted by molar-refractivity contribution is 0.0697. The van der Waals surface area contributed by atoms with E-state index in [1.54, 1.807) is 50.5 Å². The van der Waals surface area contributed by atoms with Crippen LogP contribution in [0.2, 0.25) is 0 Å². The Kier molecular flexibility index (Phi) is 6.15. The number of aromatic nitrogens is 6. The third-order valence-electron chi connectivity index (χ3n) is 6.56. The van der Waals surface area contributed by atoms with Crippen LogP contribution in [0.15, 0.2) is 70.5 Å². The van der Waals surface area contributed by atoms with Gasteiger partial charge in [-0.3, -0.25) is 19.8 Å². The maximum atomic E-state index is 13.9. The third-order valence-corrected chi connectivity index (χ3v) is 6.56. The summed E-state index contributed by atoms with van der Waals surface area (Å²) in [6.45, 7) is 7.35. The Hall–Kier alpha value is -4.99. The lowest BCUT2D eigenvalue weighted by Crippen LogP contribution is -2.26. The normalized spacial score (nSPS) is 11.3. The largest absolute Gasteiger partial charge is 0.478 e. The van der Waals surface area contributed by atoms with E-state index in [1.165, 1.54) is 21.5 Å². The van der Waals surface area contributed by atoms with E-state index < -0.39 is 11.9 Å². The van der Waals surface area contributed by atoms with E-state index in [4.69, 9.17) is 0 Å². The number of nitrogens with one attached hydrogen (secondary N) is 2. The van der Waals surface area contributed by atoms with E-state index in [9.17, 15) is 19.5 Å². The standard InChI is InChI=1S/C28H26N6O4/c1-15-9-11-29-21(13-15)33-26(35)23(17(3)31-33)25(19-5-7-20(8-6-19)28(37)38)24-18(4)32-34(27(24)36)22-14-16(2)10-12-30-22/h5-14,25,31-32H,1-4H3,(H,37,38). The quantitative estimate of drug-likeness (QED) is 0.319. The number of aryl methyl sites for hydroxylation is 4. The van der Waals surface area contributed by atoms with Gasteiger partial charge in [0.1, 0.15) is 0 Å². The summed E-state index contributed by atoms with van der Waals surface area (Å²) in [7, 11) is 0. The first-order valence-corrected chi connectivity index (χ1v) is 12.0. The van der Waals surface area contributed by atoms with Crippen molar-refractivity contribution in [1.82, 2.24) is 29.5 Å². The molecule has 0 aliphatic carbocycles. The van der Waals surface area contributed by atoms with Crippen molar-refractivity contribution < 1.29 is 9.90 Å². The van der Waals surface area contributed by atoms with E-state index in [2.05, 4.69) is 20.2 Å². The molecule has 0 aliphatic rings. The second-order valence-corrected chi connectivity index (χ2v) is 9.33. The second kappa shape index (κ2) is 9.47. The topological polar surface area (TPSA) is 139 Å². The average Bonchev–Trinajstić information content (AvgIpc) is 3.35. The van der Waals surface area contributed by atoms with Gasteiger partial charge in [0, 0.05) is 29.7 Å². The number of hydrogen-bond donors (Lipinski definition) is 3. The Morgan fingerprint density at radius 2 is 1.21 bits per heavy atom. The summed E-state index contributed by atoms with van der Waals surface area (Å²) in [5.74, 6) is -1.00. The summed E-state index contributed by atoms with van der Waals surface area (Å²) < 4.78 is 2.72. The highest BCUT2D eigenvalue weighted by atomic mass is 16.4. The summed E-state index contributed by atoms with van der Waals surface area (Å²) in [4.78, 5) is 47.9. The zero-order chi connectivity index (χ0) is 27.1. The summed E-state index contributed by atoms with van der Waals surface area (Å²) in [6.07, 6.45) is 3.25. The van der Waals surface area contributed by atoms with Gasteiger partial charge in [0.2, 0.25) is 0 Å². The minimum absolute atomic E-state index is 0.104. The number of aromatic amines is 2. The van der Waals surface area contributed by atoms with Crippen molar-refractivity contribution in [2.75, 3.05) is 0 Å². The van der Waals surface area contributed by atoms with Crippen LogP contribution in [0.4, 0.5) is 0 Å². The molecule has 0 unspecified atom stereocenters. The molecule has 0 saturated carbocycles. The highest BCUT2D eigenvalue weighted by Crippen LogP contribution is 2.32. The van der Waals surface area contributed by atoms with Crippen molar-refractivity contribution >= 4 is 5.97 Å². The zero-order valence-electron chi connectivity index (χ0n) is 21.3. The molecule has 0 fully saturated rings. The van der Waals surface area contributed by atoms with E-state index in [0.717, 1.165) is 11.1 Å². The van der Waals surface area contributed by atoms with Gasteiger partial charge in [0.25, 0.3) is 11.1 Å². The van der Waals surface area contributed by atoms with E-state index in [0.29, 0.717) is 39.7 Å². The van der Waals surface area contributed by atoms with Gasteiger partial charge in [-0.05, 0) is 80.8 Å². The smallest absolute Gasteiger partial charge is 0.335 e. The second-order valence-electron chi connectivity index (χ2n) is 9.33. The highest BCUT2D eigenvalue weighted by Gasteiger charge is 2.31.